The molecule has 7 nitrogen and oxygen atoms in total. The maximum atomic E-state index is 12.0. The number of alkyl carbamates (subject to hydrolysis) is 1. The summed E-state index contributed by atoms with van der Waals surface area (Å²) in [5.41, 5.74) is -0.647. The van der Waals surface area contributed by atoms with E-state index in [4.69, 9.17) is 4.74 Å². The highest BCUT2D eigenvalue weighted by Crippen LogP contribution is 2.06. The van der Waals surface area contributed by atoms with Crippen molar-refractivity contribution in [2.75, 3.05) is 13.1 Å². The molecule has 0 fully saturated rings. The molecule has 0 aromatic heterocycles. The van der Waals surface area contributed by atoms with Crippen LogP contribution >= 0.6 is 0 Å². The Hall–Kier alpha value is -2.83. The van der Waals surface area contributed by atoms with Crippen molar-refractivity contribution in [1.82, 2.24) is 16.0 Å². The summed E-state index contributed by atoms with van der Waals surface area (Å²) in [4.78, 5) is 35.5. The van der Waals surface area contributed by atoms with Crippen LogP contribution in [0.15, 0.2) is 48.6 Å². The fourth-order valence-corrected chi connectivity index (χ4v) is 1.72. The molecule has 3 N–H and O–H groups in total. The molecule has 0 rings (SSSR count). The van der Waals surface area contributed by atoms with Crippen molar-refractivity contribution in [1.29, 1.82) is 0 Å². The first-order chi connectivity index (χ1) is 12.7. The lowest BCUT2D eigenvalue weighted by Crippen LogP contribution is -2.50. The predicted molar refractivity (Wildman–Crippen MR) is 107 cm³/mol. The number of carbonyl (C=O) groups excluding carboxylic acids is 3. The first kappa shape index (κ1) is 24.2. The van der Waals surface area contributed by atoms with E-state index in [1.54, 1.807) is 57.2 Å². The molecule has 150 valence electrons. The Morgan fingerprint density at radius 2 is 1.30 bits per heavy atom. The third-order valence-electron chi connectivity index (χ3n) is 2.87. The highest BCUT2D eigenvalue weighted by Gasteiger charge is 2.20. The van der Waals surface area contributed by atoms with E-state index in [0.717, 1.165) is 0 Å². The zero-order chi connectivity index (χ0) is 20.7. The van der Waals surface area contributed by atoms with Gasteiger partial charge in [0.15, 0.2) is 0 Å². The average molecular weight is 377 g/mol. The van der Waals surface area contributed by atoms with Gasteiger partial charge in [0.05, 0.1) is 6.04 Å². The van der Waals surface area contributed by atoms with Gasteiger partial charge in [-0.2, -0.15) is 0 Å². The Morgan fingerprint density at radius 1 is 0.852 bits per heavy atom. The number of rotatable bonds is 9. The van der Waals surface area contributed by atoms with Crippen LogP contribution in [-0.2, 0) is 14.3 Å². The molecule has 1 atom stereocenters. The Kier molecular flexibility index (Phi) is 12.0. The first-order valence-corrected chi connectivity index (χ1v) is 8.81. The Balaban J connectivity index is 4.76. The van der Waals surface area contributed by atoms with Crippen LogP contribution in [0.25, 0.3) is 0 Å². The zero-order valence-corrected chi connectivity index (χ0v) is 16.7. The fraction of sp³-hybridized carbons (Fsp3) is 0.450. The lowest BCUT2D eigenvalue weighted by Gasteiger charge is -2.24. The van der Waals surface area contributed by atoms with Gasteiger partial charge < -0.3 is 20.7 Å². The van der Waals surface area contributed by atoms with Crippen LogP contribution in [0.1, 0.15) is 34.6 Å². The summed E-state index contributed by atoms with van der Waals surface area (Å²) in [5, 5.41) is 8.00. The molecule has 0 aromatic carbocycles. The van der Waals surface area contributed by atoms with Gasteiger partial charge in [0, 0.05) is 25.2 Å². The number of carbonyl (C=O) groups is 3. The Morgan fingerprint density at radius 3 is 1.67 bits per heavy atom. The van der Waals surface area contributed by atoms with E-state index in [2.05, 4.69) is 16.0 Å². The quantitative estimate of drug-likeness (QED) is 0.424. The van der Waals surface area contributed by atoms with Gasteiger partial charge in [-0.3, -0.25) is 9.59 Å². The van der Waals surface area contributed by atoms with E-state index in [-0.39, 0.29) is 24.9 Å². The smallest absolute Gasteiger partial charge is 0.407 e. The lowest BCUT2D eigenvalue weighted by atomic mass is 10.2. The van der Waals surface area contributed by atoms with Crippen molar-refractivity contribution in [2.24, 2.45) is 0 Å². The molecule has 0 spiro atoms. The number of hydrogen-bond donors (Lipinski definition) is 3. The number of hydrogen-bond acceptors (Lipinski definition) is 4. The van der Waals surface area contributed by atoms with Crippen molar-refractivity contribution in [3.05, 3.63) is 48.6 Å². The average Bonchev–Trinajstić information content (AvgIpc) is 2.56. The van der Waals surface area contributed by atoms with Gasteiger partial charge in [-0.1, -0.05) is 36.5 Å². The molecule has 0 saturated heterocycles. The second-order valence-electron chi connectivity index (χ2n) is 6.60. The third kappa shape index (κ3) is 15.2. The normalized spacial score (nSPS) is 13.4. The highest BCUT2D eigenvalue weighted by atomic mass is 16.6. The number of allylic oxidation sites excluding steroid dienone is 6. The maximum absolute atomic E-state index is 12.0. The molecule has 0 bridgehead atoms. The molecule has 27 heavy (non-hydrogen) atoms. The van der Waals surface area contributed by atoms with E-state index >= 15 is 0 Å². The summed E-state index contributed by atoms with van der Waals surface area (Å²) in [7, 11) is 0. The molecular weight excluding hydrogens is 346 g/mol. The molecule has 7 heteroatoms. The van der Waals surface area contributed by atoms with Crippen molar-refractivity contribution < 1.29 is 19.1 Å². The first-order valence-electron chi connectivity index (χ1n) is 8.81. The van der Waals surface area contributed by atoms with Gasteiger partial charge >= 0.3 is 6.09 Å². The van der Waals surface area contributed by atoms with E-state index in [1.165, 1.54) is 12.2 Å². The minimum atomic E-state index is -0.647. The second-order valence-corrected chi connectivity index (χ2v) is 6.60. The van der Waals surface area contributed by atoms with E-state index in [1.807, 2.05) is 13.8 Å². The standard InChI is InChI=1S/C20H31N3O4/c1-6-8-10-12-17(24)21-14-16(23-19(26)27-20(3,4)5)15-22-18(25)13-11-9-7-2/h6-13,16H,14-15H2,1-5H3,(H,21,24)(H,22,25)(H,23,26)/b8-6-,9-7+,12-10+,13-11+. The number of nitrogens with one attached hydrogen (secondary N) is 3. The van der Waals surface area contributed by atoms with Gasteiger partial charge in [0.2, 0.25) is 11.8 Å². The van der Waals surface area contributed by atoms with Crippen LogP contribution in [0, 0.1) is 0 Å². The number of amides is 3. The fourth-order valence-electron chi connectivity index (χ4n) is 1.72. The van der Waals surface area contributed by atoms with E-state index in [0.29, 0.717) is 0 Å². The SMILES string of the molecule is C/C=C\C=C\C(=O)NCC(CNC(=O)/C=C/C=C/C)NC(=O)OC(C)(C)C. The molecule has 0 saturated carbocycles. The molecule has 3 amide bonds. The second kappa shape index (κ2) is 13.4. The van der Waals surface area contributed by atoms with E-state index < -0.39 is 17.7 Å². The van der Waals surface area contributed by atoms with Crippen LogP contribution in [0.3, 0.4) is 0 Å². The molecule has 0 aliphatic carbocycles. The zero-order valence-electron chi connectivity index (χ0n) is 16.7. The van der Waals surface area contributed by atoms with Gasteiger partial charge in [0.25, 0.3) is 0 Å². The lowest BCUT2D eigenvalue weighted by molar-refractivity contribution is -0.116. The van der Waals surface area contributed by atoms with E-state index in [9.17, 15) is 14.4 Å². The van der Waals surface area contributed by atoms with Gasteiger partial charge in [-0.05, 0) is 34.6 Å². The van der Waals surface area contributed by atoms with Crippen molar-refractivity contribution in [3.63, 3.8) is 0 Å². The van der Waals surface area contributed by atoms with Crippen molar-refractivity contribution >= 4 is 17.9 Å². The van der Waals surface area contributed by atoms with Gasteiger partial charge in [-0.25, -0.2) is 4.79 Å². The van der Waals surface area contributed by atoms with Crippen molar-refractivity contribution in [2.45, 2.75) is 46.3 Å². The van der Waals surface area contributed by atoms with Crippen LogP contribution in [0.2, 0.25) is 0 Å². The molecule has 0 heterocycles. The molecule has 0 aliphatic rings. The maximum Gasteiger partial charge on any atom is 0.407 e. The summed E-state index contributed by atoms with van der Waals surface area (Å²) in [6.45, 7) is 9.22. The monoisotopic (exact) mass is 377 g/mol. The van der Waals surface area contributed by atoms with Gasteiger partial charge in [-0.15, -0.1) is 0 Å². The van der Waals surface area contributed by atoms with Crippen LogP contribution < -0.4 is 16.0 Å². The van der Waals surface area contributed by atoms with Crippen molar-refractivity contribution in [3.8, 4) is 0 Å². The molecule has 0 aliphatic heterocycles. The minimum Gasteiger partial charge on any atom is -0.444 e. The van der Waals surface area contributed by atoms with Crippen LogP contribution in [0.5, 0.6) is 0 Å². The molecule has 1 unspecified atom stereocenters. The summed E-state index contributed by atoms with van der Waals surface area (Å²) in [6, 6.07) is -0.530. The highest BCUT2D eigenvalue weighted by molar-refractivity contribution is 5.88. The summed E-state index contributed by atoms with van der Waals surface area (Å²) in [6.07, 6.45) is 12.4. The Bertz CT molecular complexity index is 561. The summed E-state index contributed by atoms with van der Waals surface area (Å²) >= 11 is 0. The van der Waals surface area contributed by atoms with Crippen LogP contribution in [0.4, 0.5) is 4.79 Å². The Labute approximate surface area is 161 Å². The topological polar surface area (TPSA) is 96.5 Å². The predicted octanol–water partition coefficient (Wildman–Crippen LogP) is 2.38. The van der Waals surface area contributed by atoms with Crippen LogP contribution in [-0.4, -0.2) is 42.6 Å². The van der Waals surface area contributed by atoms with Gasteiger partial charge in [0.1, 0.15) is 5.60 Å². The third-order valence-corrected chi connectivity index (χ3v) is 2.87. The molecular formula is C20H31N3O4. The minimum absolute atomic E-state index is 0.136. The molecule has 0 aromatic rings. The molecule has 0 radical (unpaired) electrons. The summed E-state index contributed by atoms with van der Waals surface area (Å²) < 4.78 is 5.22. The largest absolute Gasteiger partial charge is 0.444 e. The summed E-state index contributed by atoms with van der Waals surface area (Å²) in [5.74, 6) is -0.605. The number of ether oxygens (including phenoxy) is 1.